The molecule has 0 unspecified atom stereocenters. The van der Waals surface area contributed by atoms with Crippen molar-refractivity contribution < 1.29 is 14.1 Å². The Kier molecular flexibility index (Phi) is 8.27. The van der Waals surface area contributed by atoms with Gasteiger partial charge in [-0.3, -0.25) is 9.36 Å². The molecule has 1 N–H and O–H groups in total. The van der Waals surface area contributed by atoms with Crippen molar-refractivity contribution in [3.05, 3.63) is 76.0 Å². The van der Waals surface area contributed by atoms with Gasteiger partial charge in [0.05, 0.1) is 6.61 Å². The maximum absolute atomic E-state index is 13.7. The first-order valence-electron chi connectivity index (χ1n) is 14.4. The number of nitrogens with zero attached hydrogens (tertiary/aromatic N) is 7. The molecule has 0 bridgehead atoms. The molecule has 0 saturated carbocycles. The Labute approximate surface area is 258 Å². The lowest BCUT2D eigenvalue weighted by Gasteiger charge is -2.34. The average molecular weight is 615 g/mol. The van der Waals surface area contributed by atoms with Gasteiger partial charge in [-0.15, -0.1) is 0 Å². The number of piperazine rings is 1. The number of rotatable bonds is 8. The summed E-state index contributed by atoms with van der Waals surface area (Å²) in [6.45, 7) is 8.24. The van der Waals surface area contributed by atoms with E-state index in [0.717, 1.165) is 31.9 Å². The number of benzene rings is 2. The fourth-order valence-corrected chi connectivity index (χ4v) is 5.43. The summed E-state index contributed by atoms with van der Waals surface area (Å²) in [6, 6.07) is 15.0. The van der Waals surface area contributed by atoms with E-state index in [4.69, 9.17) is 25.8 Å². The number of fused-ring (bicyclic) bond motifs is 1. The summed E-state index contributed by atoms with van der Waals surface area (Å²) in [5.74, 6) is -0.388. The van der Waals surface area contributed by atoms with Gasteiger partial charge in [-0.1, -0.05) is 28.9 Å². The van der Waals surface area contributed by atoms with Crippen LogP contribution in [0.2, 0.25) is 5.02 Å². The highest BCUT2D eigenvalue weighted by Gasteiger charge is 2.20. The van der Waals surface area contributed by atoms with Gasteiger partial charge in [0.1, 0.15) is 5.65 Å². The summed E-state index contributed by atoms with van der Waals surface area (Å²) < 4.78 is 11.5. The third kappa shape index (κ3) is 5.86. The van der Waals surface area contributed by atoms with Gasteiger partial charge >= 0.3 is 11.9 Å². The van der Waals surface area contributed by atoms with Gasteiger partial charge in [0.2, 0.25) is 11.8 Å². The Morgan fingerprint density at radius 3 is 2.50 bits per heavy atom. The summed E-state index contributed by atoms with van der Waals surface area (Å²) in [4.78, 5) is 43.6. The van der Waals surface area contributed by atoms with Crippen molar-refractivity contribution in [1.29, 1.82) is 0 Å². The molecule has 3 aromatic heterocycles. The fourth-order valence-electron chi connectivity index (χ4n) is 5.14. The molecule has 13 heteroatoms. The molecule has 2 aromatic carbocycles. The smallest absolute Gasteiger partial charge is 0.397 e. The lowest BCUT2D eigenvalue weighted by Crippen LogP contribution is -2.44. The summed E-state index contributed by atoms with van der Waals surface area (Å²) in [6.07, 6.45) is 1.69. The Morgan fingerprint density at radius 1 is 1.02 bits per heavy atom. The summed E-state index contributed by atoms with van der Waals surface area (Å²) in [5, 5.41) is 8.11. The maximum atomic E-state index is 13.7. The van der Waals surface area contributed by atoms with Gasteiger partial charge in [-0.05, 0) is 57.3 Å². The van der Waals surface area contributed by atoms with Crippen molar-refractivity contribution >= 4 is 45.9 Å². The minimum absolute atomic E-state index is 0.174. The first kappa shape index (κ1) is 29.3. The molecule has 0 aliphatic carbocycles. The lowest BCUT2D eigenvalue weighted by molar-refractivity contribution is 0.0470. The molecule has 5 aromatic rings. The van der Waals surface area contributed by atoms with Gasteiger partial charge in [0, 0.05) is 77.4 Å². The van der Waals surface area contributed by atoms with Gasteiger partial charge in [-0.2, -0.15) is 9.97 Å². The number of ether oxygens (including phenoxy) is 1. The molecule has 1 aliphatic heterocycles. The number of halogens is 1. The quantitative estimate of drug-likeness (QED) is 0.240. The van der Waals surface area contributed by atoms with Crippen molar-refractivity contribution in [3.8, 4) is 22.5 Å². The number of carbonyl (C=O) groups is 1. The standard InChI is InChI=1S/C31H31ClN8O4/c1-4-40-27-20(18-33-31(36-27)34-21-7-9-22(10-8-21)39-14-12-38(3)13-15-39)16-24(29(40)41)23-11-6-19(17-25(23)32)26-35-28(44-37-26)30(42)43-5-2/h6-11,16-18H,4-5,12-15H2,1-3H3,(H,33,34,36). The van der Waals surface area contributed by atoms with E-state index in [1.807, 2.05) is 19.1 Å². The van der Waals surface area contributed by atoms with Crippen LogP contribution in [0.25, 0.3) is 33.5 Å². The highest BCUT2D eigenvalue weighted by Crippen LogP contribution is 2.31. The number of pyridine rings is 1. The molecule has 4 heterocycles. The normalized spacial score (nSPS) is 13.8. The van der Waals surface area contributed by atoms with Crippen molar-refractivity contribution in [3.63, 3.8) is 0 Å². The number of likely N-dealkylation sites (N-methyl/N-ethyl adjacent to an activating group) is 1. The molecule has 1 aliphatic rings. The number of aryl methyl sites for hydroxylation is 1. The van der Waals surface area contributed by atoms with E-state index in [1.165, 1.54) is 5.69 Å². The van der Waals surface area contributed by atoms with Crippen molar-refractivity contribution in [2.24, 2.45) is 0 Å². The molecular formula is C31H31ClN8O4. The summed E-state index contributed by atoms with van der Waals surface area (Å²) >= 11 is 6.66. The van der Waals surface area contributed by atoms with Gasteiger partial charge in [-0.25, -0.2) is 9.78 Å². The average Bonchev–Trinajstić information content (AvgIpc) is 3.53. The Morgan fingerprint density at radius 2 is 1.80 bits per heavy atom. The Hall–Kier alpha value is -4.81. The highest BCUT2D eigenvalue weighted by molar-refractivity contribution is 6.33. The van der Waals surface area contributed by atoms with Crippen LogP contribution in [0.1, 0.15) is 24.5 Å². The van der Waals surface area contributed by atoms with Crippen LogP contribution in [0.3, 0.4) is 0 Å². The molecule has 0 atom stereocenters. The minimum atomic E-state index is -0.704. The van der Waals surface area contributed by atoms with Crippen LogP contribution in [-0.2, 0) is 11.3 Å². The van der Waals surface area contributed by atoms with Crippen LogP contribution in [0.5, 0.6) is 0 Å². The fraction of sp³-hybridized carbons (Fsp3) is 0.290. The van der Waals surface area contributed by atoms with Crippen LogP contribution in [0.15, 0.2) is 64.0 Å². The third-order valence-corrected chi connectivity index (χ3v) is 7.84. The zero-order chi connectivity index (χ0) is 30.8. The van der Waals surface area contributed by atoms with E-state index in [2.05, 4.69) is 49.4 Å². The second-order valence-electron chi connectivity index (χ2n) is 10.4. The van der Waals surface area contributed by atoms with Gasteiger partial charge < -0.3 is 24.4 Å². The van der Waals surface area contributed by atoms with Crippen molar-refractivity contribution in [2.75, 3.05) is 50.1 Å². The van der Waals surface area contributed by atoms with E-state index in [9.17, 15) is 9.59 Å². The lowest BCUT2D eigenvalue weighted by atomic mass is 10.0. The molecule has 0 radical (unpaired) electrons. The molecule has 12 nitrogen and oxygen atoms in total. The third-order valence-electron chi connectivity index (χ3n) is 7.53. The van der Waals surface area contributed by atoms with Crippen LogP contribution in [0.4, 0.5) is 17.3 Å². The van der Waals surface area contributed by atoms with Crippen LogP contribution in [-0.4, -0.2) is 75.4 Å². The van der Waals surface area contributed by atoms with Crippen LogP contribution < -0.4 is 15.8 Å². The van der Waals surface area contributed by atoms with E-state index in [0.29, 0.717) is 45.2 Å². The Bertz CT molecular complexity index is 1880. The molecule has 0 amide bonds. The molecule has 1 fully saturated rings. The molecule has 6 rings (SSSR count). The largest absolute Gasteiger partial charge is 0.459 e. The molecular weight excluding hydrogens is 584 g/mol. The topological polar surface area (TPSA) is 132 Å². The van der Waals surface area contributed by atoms with E-state index in [1.54, 1.807) is 42.0 Å². The number of hydrogen-bond acceptors (Lipinski definition) is 11. The zero-order valence-electron chi connectivity index (χ0n) is 24.6. The number of esters is 1. The second kappa shape index (κ2) is 12.4. The van der Waals surface area contributed by atoms with E-state index < -0.39 is 5.97 Å². The SMILES string of the molecule is CCOC(=O)c1nc(-c2ccc(-c3cc4cnc(Nc5ccc(N6CCN(C)CC6)cc5)nc4n(CC)c3=O)c(Cl)c2)no1. The van der Waals surface area contributed by atoms with Crippen LogP contribution >= 0.6 is 11.6 Å². The molecule has 0 spiro atoms. The minimum Gasteiger partial charge on any atom is -0.459 e. The van der Waals surface area contributed by atoms with Crippen molar-refractivity contribution in [1.82, 2.24) is 29.6 Å². The predicted octanol–water partition coefficient (Wildman–Crippen LogP) is 4.85. The molecule has 44 heavy (non-hydrogen) atoms. The summed E-state index contributed by atoms with van der Waals surface area (Å²) in [5.41, 5.74) is 3.76. The van der Waals surface area contributed by atoms with Gasteiger partial charge in [0.25, 0.3) is 5.56 Å². The monoisotopic (exact) mass is 614 g/mol. The highest BCUT2D eigenvalue weighted by atomic mass is 35.5. The second-order valence-corrected chi connectivity index (χ2v) is 10.8. The van der Waals surface area contributed by atoms with E-state index >= 15 is 0 Å². The first-order chi connectivity index (χ1) is 21.3. The molecule has 226 valence electrons. The Balaban J connectivity index is 1.26. The van der Waals surface area contributed by atoms with Crippen LogP contribution in [0, 0.1) is 0 Å². The number of hydrogen-bond donors (Lipinski definition) is 1. The van der Waals surface area contributed by atoms with Gasteiger partial charge in [0.15, 0.2) is 0 Å². The number of aromatic nitrogens is 5. The predicted molar refractivity (Wildman–Crippen MR) is 169 cm³/mol. The van der Waals surface area contributed by atoms with E-state index in [-0.39, 0.29) is 23.9 Å². The summed E-state index contributed by atoms with van der Waals surface area (Å²) in [7, 11) is 2.14. The number of nitrogens with one attached hydrogen (secondary N) is 1. The molecule has 1 saturated heterocycles. The first-order valence-corrected chi connectivity index (χ1v) is 14.7. The zero-order valence-corrected chi connectivity index (χ0v) is 25.3. The number of carbonyl (C=O) groups excluding carboxylic acids is 1. The number of anilines is 3. The van der Waals surface area contributed by atoms with Crippen molar-refractivity contribution in [2.45, 2.75) is 20.4 Å². The maximum Gasteiger partial charge on any atom is 0.397 e.